The van der Waals surface area contributed by atoms with Gasteiger partial charge in [-0.3, -0.25) is 14.4 Å². The molecular weight excluding hydrogens is 454 g/mol. The lowest BCUT2D eigenvalue weighted by atomic mass is 9.88. The van der Waals surface area contributed by atoms with Gasteiger partial charge < -0.3 is 25.4 Å². The van der Waals surface area contributed by atoms with Gasteiger partial charge in [-0.05, 0) is 55.7 Å². The maximum absolute atomic E-state index is 12.8. The molecule has 2 aliphatic carbocycles. The fraction of sp³-hybridized carbons (Fsp3) is 0.480. The highest BCUT2D eigenvalue weighted by Gasteiger charge is 2.33. The summed E-state index contributed by atoms with van der Waals surface area (Å²) in [6.07, 6.45) is 4.68. The van der Waals surface area contributed by atoms with Gasteiger partial charge in [0, 0.05) is 23.9 Å². The van der Waals surface area contributed by atoms with Gasteiger partial charge in [0.15, 0.2) is 18.1 Å². The fourth-order valence-corrected chi connectivity index (χ4v) is 5.80. The van der Waals surface area contributed by atoms with E-state index < -0.39 is 5.91 Å². The zero-order valence-electron chi connectivity index (χ0n) is 19.6. The summed E-state index contributed by atoms with van der Waals surface area (Å²) in [5.41, 5.74) is 7.07. The summed E-state index contributed by atoms with van der Waals surface area (Å²) < 4.78 is 10.9. The Labute approximate surface area is 203 Å². The molecule has 2 aromatic rings. The second kappa shape index (κ2) is 10.5. The number of methoxy groups -OCH3 is 1. The Morgan fingerprint density at radius 3 is 2.59 bits per heavy atom. The summed E-state index contributed by atoms with van der Waals surface area (Å²) in [5.74, 6) is 0.697. The van der Waals surface area contributed by atoms with Crippen LogP contribution < -0.4 is 20.5 Å². The molecule has 3 amide bonds. The topological polar surface area (TPSA) is 111 Å². The second-order valence-corrected chi connectivity index (χ2v) is 10.1. The summed E-state index contributed by atoms with van der Waals surface area (Å²) in [6, 6.07) is 7.30. The van der Waals surface area contributed by atoms with Crippen molar-refractivity contribution in [3.05, 3.63) is 40.3 Å². The van der Waals surface area contributed by atoms with E-state index in [4.69, 9.17) is 15.2 Å². The highest BCUT2D eigenvalue weighted by Crippen LogP contribution is 2.39. The number of primary amides is 1. The smallest absolute Gasteiger partial charge is 0.260 e. The maximum atomic E-state index is 12.8. The van der Waals surface area contributed by atoms with E-state index in [-0.39, 0.29) is 30.9 Å². The average Bonchev–Trinajstić information content (AvgIpc) is 3.58. The number of carbonyl (C=O) groups excluding carboxylic acids is 3. The first kappa shape index (κ1) is 24.1. The number of hydrogen-bond acceptors (Lipinski definition) is 6. The minimum Gasteiger partial charge on any atom is -0.493 e. The van der Waals surface area contributed by atoms with Crippen molar-refractivity contribution in [3.63, 3.8) is 0 Å². The first-order valence-corrected chi connectivity index (χ1v) is 12.5. The number of amides is 3. The van der Waals surface area contributed by atoms with Gasteiger partial charge in [0.1, 0.15) is 5.00 Å². The molecule has 0 spiro atoms. The predicted molar refractivity (Wildman–Crippen MR) is 130 cm³/mol. The molecule has 34 heavy (non-hydrogen) atoms. The number of carbonyl (C=O) groups is 3. The molecule has 1 aromatic heterocycles. The molecule has 1 aromatic carbocycles. The van der Waals surface area contributed by atoms with E-state index in [0.29, 0.717) is 34.5 Å². The van der Waals surface area contributed by atoms with Crippen molar-refractivity contribution in [2.24, 2.45) is 11.7 Å². The van der Waals surface area contributed by atoms with Crippen LogP contribution in [0.3, 0.4) is 0 Å². The Bertz CT molecular complexity index is 1080. The van der Waals surface area contributed by atoms with Gasteiger partial charge in [-0.2, -0.15) is 0 Å². The molecule has 2 aliphatic rings. The number of nitrogens with zero attached hydrogens (tertiary/aromatic N) is 1. The first-order valence-electron chi connectivity index (χ1n) is 11.7. The zero-order chi connectivity index (χ0) is 24.2. The van der Waals surface area contributed by atoms with Crippen molar-refractivity contribution < 1.29 is 23.9 Å². The largest absolute Gasteiger partial charge is 0.493 e. The Balaban J connectivity index is 1.36. The number of ether oxygens (including phenoxy) is 2. The molecule has 1 atom stereocenters. The minimum absolute atomic E-state index is 0.125. The number of nitrogens with two attached hydrogens (primary N) is 1. The van der Waals surface area contributed by atoms with Crippen LogP contribution >= 0.6 is 11.3 Å². The molecule has 1 saturated carbocycles. The number of thiophene rings is 1. The Kier molecular flexibility index (Phi) is 7.41. The molecule has 0 saturated heterocycles. The van der Waals surface area contributed by atoms with Gasteiger partial charge in [-0.1, -0.05) is 19.1 Å². The third kappa shape index (κ3) is 5.52. The Morgan fingerprint density at radius 2 is 1.91 bits per heavy atom. The molecule has 0 aliphatic heterocycles. The van der Waals surface area contributed by atoms with Crippen molar-refractivity contribution in [1.82, 2.24) is 4.90 Å². The van der Waals surface area contributed by atoms with E-state index in [2.05, 4.69) is 12.2 Å². The van der Waals surface area contributed by atoms with Crippen LogP contribution in [-0.4, -0.2) is 48.9 Å². The lowest BCUT2D eigenvalue weighted by Gasteiger charge is -2.22. The number of fused-ring (bicyclic) bond motifs is 1. The minimum atomic E-state index is -0.509. The molecular formula is C25H31N3O5S. The van der Waals surface area contributed by atoms with Crippen LogP contribution in [0.1, 0.15) is 53.4 Å². The van der Waals surface area contributed by atoms with Crippen LogP contribution in [0.25, 0.3) is 0 Å². The lowest BCUT2D eigenvalue weighted by Crippen LogP contribution is -2.38. The number of hydrogen-bond donors (Lipinski definition) is 2. The van der Waals surface area contributed by atoms with Crippen LogP contribution in [0.15, 0.2) is 24.3 Å². The van der Waals surface area contributed by atoms with Crippen molar-refractivity contribution >= 4 is 34.1 Å². The van der Waals surface area contributed by atoms with Gasteiger partial charge in [-0.15, -0.1) is 11.3 Å². The van der Waals surface area contributed by atoms with E-state index >= 15 is 0 Å². The summed E-state index contributed by atoms with van der Waals surface area (Å²) in [4.78, 5) is 40.6. The molecule has 3 N–H and O–H groups in total. The Hall–Kier alpha value is -3.07. The van der Waals surface area contributed by atoms with E-state index in [9.17, 15) is 14.4 Å². The third-order valence-corrected chi connectivity index (χ3v) is 7.49. The molecule has 0 radical (unpaired) electrons. The standard InChI is InChI=1S/C25H31N3O5S/c1-15-7-10-17-20(13-15)34-25(23(17)24(26)31)27-21(29)11-12-28(16-8-9-16)22(30)14-33-19-6-4-3-5-18(19)32-2/h3-6,15-16H,7-14H2,1-2H3,(H2,26,31)(H,27,29). The summed E-state index contributed by atoms with van der Waals surface area (Å²) in [7, 11) is 1.55. The number of benzene rings is 1. The molecule has 9 heteroatoms. The summed E-state index contributed by atoms with van der Waals surface area (Å²) in [5, 5.41) is 3.41. The zero-order valence-corrected chi connectivity index (χ0v) is 20.4. The molecule has 1 unspecified atom stereocenters. The number of anilines is 1. The van der Waals surface area contributed by atoms with Crippen LogP contribution in [0, 0.1) is 5.92 Å². The number of nitrogens with one attached hydrogen (secondary N) is 1. The quantitative estimate of drug-likeness (QED) is 0.536. The average molecular weight is 486 g/mol. The van der Waals surface area contributed by atoms with Gasteiger partial charge in [0.05, 0.1) is 12.7 Å². The molecule has 0 bridgehead atoms. The van der Waals surface area contributed by atoms with Gasteiger partial charge in [-0.25, -0.2) is 0 Å². The molecule has 1 heterocycles. The van der Waals surface area contributed by atoms with E-state index in [0.717, 1.165) is 42.5 Å². The highest BCUT2D eigenvalue weighted by molar-refractivity contribution is 7.17. The molecule has 8 nitrogen and oxygen atoms in total. The SMILES string of the molecule is COc1ccccc1OCC(=O)N(CCC(=O)Nc1sc2c(c1C(N)=O)CCC(C)C2)C1CC1. The van der Waals surface area contributed by atoms with Crippen molar-refractivity contribution in [1.29, 1.82) is 0 Å². The van der Waals surface area contributed by atoms with Gasteiger partial charge in [0.2, 0.25) is 5.91 Å². The van der Waals surface area contributed by atoms with E-state index in [1.807, 2.05) is 12.1 Å². The summed E-state index contributed by atoms with van der Waals surface area (Å²) in [6.45, 7) is 2.35. The normalized spacial score (nSPS) is 16.9. The monoisotopic (exact) mass is 485 g/mol. The molecule has 4 rings (SSSR count). The van der Waals surface area contributed by atoms with Gasteiger partial charge in [0.25, 0.3) is 11.8 Å². The van der Waals surface area contributed by atoms with Crippen molar-refractivity contribution in [3.8, 4) is 11.5 Å². The molecule has 182 valence electrons. The summed E-state index contributed by atoms with van der Waals surface area (Å²) >= 11 is 1.45. The van der Waals surface area contributed by atoms with Crippen molar-refractivity contribution in [2.75, 3.05) is 25.6 Å². The van der Waals surface area contributed by atoms with Crippen LogP contribution in [0.2, 0.25) is 0 Å². The lowest BCUT2D eigenvalue weighted by molar-refractivity contribution is -0.134. The number of para-hydroxylation sites is 2. The van der Waals surface area contributed by atoms with E-state index in [1.165, 1.54) is 11.3 Å². The second-order valence-electron chi connectivity index (χ2n) is 8.98. The van der Waals surface area contributed by atoms with Crippen LogP contribution in [0.5, 0.6) is 11.5 Å². The highest BCUT2D eigenvalue weighted by atomic mass is 32.1. The first-order chi connectivity index (χ1) is 16.4. The molecule has 1 fully saturated rings. The van der Waals surface area contributed by atoms with E-state index in [1.54, 1.807) is 24.1 Å². The predicted octanol–water partition coefficient (Wildman–Crippen LogP) is 3.38. The number of rotatable bonds is 10. The van der Waals surface area contributed by atoms with Crippen molar-refractivity contribution in [2.45, 2.75) is 51.5 Å². The third-order valence-electron chi connectivity index (χ3n) is 6.32. The maximum Gasteiger partial charge on any atom is 0.260 e. The van der Waals surface area contributed by atoms with Gasteiger partial charge >= 0.3 is 0 Å². The van der Waals surface area contributed by atoms with Crippen LogP contribution in [0.4, 0.5) is 5.00 Å². The van der Waals surface area contributed by atoms with Crippen LogP contribution in [-0.2, 0) is 22.4 Å². The fourth-order valence-electron chi connectivity index (χ4n) is 4.37. The Morgan fingerprint density at radius 1 is 1.18 bits per heavy atom.